The maximum atomic E-state index is 12.0. The molecule has 0 aliphatic heterocycles. The van der Waals surface area contributed by atoms with Crippen molar-refractivity contribution in [2.75, 3.05) is 27.2 Å². The zero-order valence-corrected chi connectivity index (χ0v) is 11.4. The van der Waals surface area contributed by atoms with Crippen molar-refractivity contribution in [1.82, 2.24) is 19.6 Å². The monoisotopic (exact) mass is 282 g/mol. The molecule has 2 aromatic rings. The van der Waals surface area contributed by atoms with Crippen molar-refractivity contribution in [3.63, 3.8) is 0 Å². The highest BCUT2D eigenvalue weighted by molar-refractivity contribution is 7.15. The highest BCUT2D eigenvalue weighted by Crippen LogP contribution is 2.14. The van der Waals surface area contributed by atoms with Crippen LogP contribution in [0.1, 0.15) is 10.4 Å². The standard InChI is InChI=1S/C11H14N4O3S/c1-14(2)4-3-12-8(16)7-9(17)13-11-15(10(7)18)5-6-19-11/h5-6,17H,3-4H2,1-2H3,(H,12,16). The van der Waals surface area contributed by atoms with Gasteiger partial charge in [0.05, 0.1) is 0 Å². The van der Waals surface area contributed by atoms with Gasteiger partial charge in [-0.2, -0.15) is 4.98 Å². The van der Waals surface area contributed by atoms with Gasteiger partial charge in [0.2, 0.25) is 5.88 Å². The number of hydrogen-bond donors (Lipinski definition) is 2. The number of likely N-dealkylation sites (N-methyl/N-ethyl adjacent to an activating group) is 1. The average molecular weight is 282 g/mol. The molecule has 8 heteroatoms. The number of carbonyl (C=O) groups is 1. The van der Waals surface area contributed by atoms with Crippen LogP contribution in [0.2, 0.25) is 0 Å². The minimum Gasteiger partial charge on any atom is -0.492 e. The number of rotatable bonds is 4. The van der Waals surface area contributed by atoms with Crippen LogP contribution in [0.15, 0.2) is 16.4 Å². The Labute approximate surface area is 113 Å². The molecule has 0 aliphatic rings. The molecule has 0 aliphatic carbocycles. The molecule has 2 aromatic heterocycles. The highest BCUT2D eigenvalue weighted by Gasteiger charge is 2.19. The topological polar surface area (TPSA) is 86.9 Å². The largest absolute Gasteiger partial charge is 0.492 e. The van der Waals surface area contributed by atoms with Gasteiger partial charge in [-0.05, 0) is 14.1 Å². The summed E-state index contributed by atoms with van der Waals surface area (Å²) in [5.74, 6) is -1.15. The van der Waals surface area contributed by atoms with Crippen molar-refractivity contribution in [2.24, 2.45) is 0 Å². The van der Waals surface area contributed by atoms with Gasteiger partial charge in [-0.25, -0.2) is 0 Å². The van der Waals surface area contributed by atoms with Gasteiger partial charge in [0.15, 0.2) is 10.5 Å². The molecule has 2 rings (SSSR count). The lowest BCUT2D eigenvalue weighted by Gasteiger charge is -2.10. The van der Waals surface area contributed by atoms with Crippen LogP contribution in [0.4, 0.5) is 0 Å². The first-order chi connectivity index (χ1) is 9.00. The van der Waals surface area contributed by atoms with Crippen LogP contribution in [0.5, 0.6) is 5.88 Å². The number of carbonyl (C=O) groups excluding carboxylic acids is 1. The van der Waals surface area contributed by atoms with Gasteiger partial charge >= 0.3 is 0 Å². The fourth-order valence-corrected chi connectivity index (χ4v) is 2.25. The predicted molar refractivity (Wildman–Crippen MR) is 71.9 cm³/mol. The van der Waals surface area contributed by atoms with Crippen LogP contribution in [0.3, 0.4) is 0 Å². The quantitative estimate of drug-likeness (QED) is 0.807. The summed E-state index contributed by atoms with van der Waals surface area (Å²) in [4.78, 5) is 30.0. The lowest BCUT2D eigenvalue weighted by Crippen LogP contribution is -2.35. The van der Waals surface area contributed by atoms with E-state index in [1.165, 1.54) is 21.9 Å². The first kappa shape index (κ1) is 13.5. The Balaban J connectivity index is 2.29. The first-order valence-electron chi connectivity index (χ1n) is 5.62. The second-order valence-corrected chi connectivity index (χ2v) is 5.10. The molecule has 19 heavy (non-hydrogen) atoms. The molecule has 0 unspecified atom stereocenters. The van der Waals surface area contributed by atoms with E-state index >= 15 is 0 Å². The smallest absolute Gasteiger partial charge is 0.275 e. The Kier molecular flexibility index (Phi) is 3.82. The van der Waals surface area contributed by atoms with Gasteiger partial charge in [0.25, 0.3) is 11.5 Å². The third-order valence-corrected chi connectivity index (χ3v) is 3.28. The fraction of sp³-hybridized carbons (Fsp3) is 0.364. The Morgan fingerprint density at radius 2 is 2.32 bits per heavy atom. The van der Waals surface area contributed by atoms with Crippen molar-refractivity contribution in [2.45, 2.75) is 0 Å². The Morgan fingerprint density at radius 3 is 3.00 bits per heavy atom. The van der Waals surface area contributed by atoms with Gasteiger partial charge in [-0.1, -0.05) is 0 Å². The molecule has 102 valence electrons. The average Bonchev–Trinajstić information content (AvgIpc) is 2.76. The molecule has 0 bridgehead atoms. The third kappa shape index (κ3) is 2.74. The summed E-state index contributed by atoms with van der Waals surface area (Å²) in [6, 6.07) is 0. The lowest BCUT2D eigenvalue weighted by molar-refractivity contribution is 0.0946. The van der Waals surface area contributed by atoms with Crippen LogP contribution in [0.25, 0.3) is 4.96 Å². The fourth-order valence-electron chi connectivity index (χ4n) is 1.55. The van der Waals surface area contributed by atoms with E-state index in [1.807, 2.05) is 19.0 Å². The SMILES string of the molecule is CN(C)CCNC(=O)c1c(O)nc2sccn2c1=O. The summed E-state index contributed by atoms with van der Waals surface area (Å²) < 4.78 is 1.24. The second kappa shape index (κ2) is 5.37. The maximum absolute atomic E-state index is 12.0. The zero-order chi connectivity index (χ0) is 14.0. The highest BCUT2D eigenvalue weighted by atomic mass is 32.1. The van der Waals surface area contributed by atoms with Crippen LogP contribution >= 0.6 is 11.3 Å². The first-order valence-corrected chi connectivity index (χ1v) is 6.50. The van der Waals surface area contributed by atoms with E-state index in [4.69, 9.17) is 0 Å². The van der Waals surface area contributed by atoms with Crippen molar-refractivity contribution in [1.29, 1.82) is 0 Å². The normalized spacial score (nSPS) is 11.1. The van der Waals surface area contributed by atoms with Crippen molar-refractivity contribution < 1.29 is 9.90 Å². The molecule has 0 saturated heterocycles. The van der Waals surface area contributed by atoms with Crippen molar-refractivity contribution in [3.05, 3.63) is 27.5 Å². The van der Waals surface area contributed by atoms with Crippen LogP contribution in [-0.2, 0) is 0 Å². The number of hydrogen-bond acceptors (Lipinski definition) is 6. The summed E-state index contributed by atoms with van der Waals surface area (Å²) in [7, 11) is 3.74. The number of aromatic hydroxyl groups is 1. The minimum atomic E-state index is -0.613. The lowest BCUT2D eigenvalue weighted by atomic mass is 10.3. The van der Waals surface area contributed by atoms with Crippen LogP contribution < -0.4 is 10.9 Å². The van der Waals surface area contributed by atoms with Gasteiger partial charge in [-0.3, -0.25) is 14.0 Å². The van der Waals surface area contributed by atoms with E-state index in [2.05, 4.69) is 10.3 Å². The number of aromatic nitrogens is 2. The maximum Gasteiger partial charge on any atom is 0.275 e. The molecule has 0 spiro atoms. The molecule has 1 amide bonds. The van der Waals surface area contributed by atoms with E-state index < -0.39 is 17.3 Å². The number of fused-ring (bicyclic) bond motifs is 1. The Morgan fingerprint density at radius 1 is 1.58 bits per heavy atom. The molecule has 0 aromatic carbocycles. The van der Waals surface area contributed by atoms with Gasteiger partial charge in [0, 0.05) is 24.7 Å². The van der Waals surface area contributed by atoms with E-state index in [0.29, 0.717) is 18.1 Å². The van der Waals surface area contributed by atoms with Crippen molar-refractivity contribution in [3.8, 4) is 5.88 Å². The Bertz CT molecular complexity index is 661. The predicted octanol–water partition coefficient (Wildman–Crippen LogP) is -0.247. The van der Waals surface area contributed by atoms with E-state index in [1.54, 1.807) is 5.38 Å². The molecular weight excluding hydrogens is 268 g/mol. The van der Waals surface area contributed by atoms with Gasteiger partial charge in [0.1, 0.15) is 0 Å². The summed E-state index contributed by atoms with van der Waals surface area (Å²) >= 11 is 1.21. The molecule has 0 atom stereocenters. The summed E-state index contributed by atoms with van der Waals surface area (Å²) in [6.45, 7) is 1.03. The van der Waals surface area contributed by atoms with Gasteiger partial charge in [-0.15, -0.1) is 11.3 Å². The second-order valence-electron chi connectivity index (χ2n) is 4.23. The van der Waals surface area contributed by atoms with Crippen LogP contribution in [0, 0.1) is 0 Å². The zero-order valence-electron chi connectivity index (χ0n) is 10.6. The summed E-state index contributed by atoms with van der Waals surface area (Å²) in [6.07, 6.45) is 1.52. The molecule has 0 saturated carbocycles. The third-order valence-electron chi connectivity index (χ3n) is 2.52. The van der Waals surface area contributed by atoms with Crippen molar-refractivity contribution >= 4 is 22.2 Å². The molecular formula is C11H14N4O3S. The van der Waals surface area contributed by atoms with E-state index in [-0.39, 0.29) is 5.56 Å². The van der Waals surface area contributed by atoms with E-state index in [9.17, 15) is 14.7 Å². The summed E-state index contributed by atoms with van der Waals surface area (Å²) in [5.41, 5.74) is -0.888. The number of amides is 1. The molecule has 7 nitrogen and oxygen atoms in total. The number of nitrogens with one attached hydrogen (secondary N) is 1. The minimum absolute atomic E-state index is 0.324. The molecule has 2 N–H and O–H groups in total. The molecule has 2 heterocycles. The Hall–Kier alpha value is -1.93. The molecule has 0 fully saturated rings. The van der Waals surface area contributed by atoms with Gasteiger partial charge < -0.3 is 15.3 Å². The number of thiazole rings is 1. The molecule has 0 radical (unpaired) electrons. The van der Waals surface area contributed by atoms with E-state index in [0.717, 1.165) is 0 Å². The van der Waals surface area contributed by atoms with Crippen LogP contribution in [-0.4, -0.2) is 52.5 Å². The number of nitrogens with zero attached hydrogens (tertiary/aromatic N) is 3. The summed E-state index contributed by atoms with van der Waals surface area (Å²) in [5, 5.41) is 13.9.